The van der Waals surface area contributed by atoms with Crippen LogP contribution in [0.2, 0.25) is 0 Å². The lowest BCUT2D eigenvalue weighted by molar-refractivity contribution is -0.132. The molecule has 0 atom stereocenters. The number of aromatic nitrogens is 2. The molecule has 6 nitrogen and oxygen atoms in total. The zero-order chi connectivity index (χ0) is 23.3. The molecular formula is C28H33N5O. The fraction of sp³-hybridized carbons (Fsp3) is 0.393. The summed E-state index contributed by atoms with van der Waals surface area (Å²) in [5, 5.41) is 0. The molecule has 3 aromatic rings. The predicted octanol–water partition coefficient (Wildman–Crippen LogP) is 4.26. The molecule has 0 radical (unpaired) electrons. The SMILES string of the molecule is Cc1cc(N2CCN(C(=O)C(c3ccccc3)c3ccccc3)CC2)nc(N2CCCCC2)n1. The lowest BCUT2D eigenvalue weighted by Gasteiger charge is -2.37. The Kier molecular flexibility index (Phi) is 6.74. The van der Waals surface area contributed by atoms with Gasteiger partial charge in [0.2, 0.25) is 11.9 Å². The first-order valence-corrected chi connectivity index (χ1v) is 12.4. The summed E-state index contributed by atoms with van der Waals surface area (Å²) in [4.78, 5) is 30.0. The summed E-state index contributed by atoms with van der Waals surface area (Å²) < 4.78 is 0. The number of rotatable bonds is 5. The molecule has 0 aliphatic carbocycles. The van der Waals surface area contributed by atoms with E-state index in [1.165, 1.54) is 19.3 Å². The highest BCUT2D eigenvalue weighted by atomic mass is 16.2. The molecule has 0 unspecified atom stereocenters. The maximum atomic E-state index is 13.7. The van der Waals surface area contributed by atoms with Gasteiger partial charge >= 0.3 is 0 Å². The standard InChI is InChI=1S/C28H33N5O/c1-22-21-25(30-28(29-22)33-15-9-4-10-16-33)31-17-19-32(20-18-31)27(34)26(23-11-5-2-6-12-23)24-13-7-3-8-14-24/h2-3,5-8,11-14,21,26H,4,9-10,15-20H2,1H3. The van der Waals surface area contributed by atoms with Crippen LogP contribution in [-0.2, 0) is 4.79 Å². The highest BCUT2D eigenvalue weighted by molar-refractivity contribution is 5.87. The van der Waals surface area contributed by atoms with Crippen LogP contribution in [0.1, 0.15) is 42.0 Å². The Morgan fingerprint density at radius 2 is 1.32 bits per heavy atom. The molecule has 6 heteroatoms. The first-order chi connectivity index (χ1) is 16.7. The second-order valence-corrected chi connectivity index (χ2v) is 9.28. The Hall–Kier alpha value is -3.41. The summed E-state index contributed by atoms with van der Waals surface area (Å²) in [5.74, 6) is 1.72. The van der Waals surface area contributed by atoms with Gasteiger partial charge in [0, 0.05) is 51.0 Å². The number of anilines is 2. The van der Waals surface area contributed by atoms with Crippen LogP contribution >= 0.6 is 0 Å². The Labute approximate surface area is 202 Å². The van der Waals surface area contributed by atoms with Crippen molar-refractivity contribution in [3.8, 4) is 0 Å². The van der Waals surface area contributed by atoms with Crippen LogP contribution in [0.5, 0.6) is 0 Å². The largest absolute Gasteiger partial charge is 0.353 e. The maximum absolute atomic E-state index is 13.7. The average Bonchev–Trinajstić information content (AvgIpc) is 2.90. The number of carbonyl (C=O) groups excluding carboxylic acids is 1. The van der Waals surface area contributed by atoms with Crippen LogP contribution in [0.15, 0.2) is 66.7 Å². The molecule has 0 bridgehead atoms. The van der Waals surface area contributed by atoms with Gasteiger partial charge in [0.05, 0.1) is 5.92 Å². The van der Waals surface area contributed by atoms with Crippen LogP contribution in [-0.4, -0.2) is 60.0 Å². The summed E-state index contributed by atoms with van der Waals surface area (Å²) in [6, 6.07) is 22.3. The second kappa shape index (κ2) is 10.2. The molecule has 2 aliphatic rings. The maximum Gasteiger partial charge on any atom is 0.234 e. The van der Waals surface area contributed by atoms with Gasteiger partial charge in [0.15, 0.2) is 0 Å². The lowest BCUT2D eigenvalue weighted by atomic mass is 9.90. The van der Waals surface area contributed by atoms with E-state index in [1.807, 2.05) is 48.2 Å². The number of benzene rings is 2. The molecule has 2 saturated heterocycles. The summed E-state index contributed by atoms with van der Waals surface area (Å²) >= 11 is 0. The third kappa shape index (κ3) is 4.91. The summed E-state index contributed by atoms with van der Waals surface area (Å²) in [7, 11) is 0. The number of hydrogen-bond donors (Lipinski definition) is 0. The molecule has 2 fully saturated rings. The zero-order valence-electron chi connectivity index (χ0n) is 19.9. The van der Waals surface area contributed by atoms with Crippen LogP contribution < -0.4 is 9.80 Å². The van der Waals surface area contributed by atoms with Gasteiger partial charge in [-0.3, -0.25) is 4.79 Å². The minimum atomic E-state index is -0.277. The van der Waals surface area contributed by atoms with Crippen molar-refractivity contribution in [2.45, 2.75) is 32.1 Å². The number of carbonyl (C=O) groups is 1. The van der Waals surface area contributed by atoms with Gasteiger partial charge in [-0.2, -0.15) is 4.98 Å². The number of aryl methyl sites for hydroxylation is 1. The molecule has 1 amide bonds. The van der Waals surface area contributed by atoms with Crippen LogP contribution in [0.25, 0.3) is 0 Å². The summed E-state index contributed by atoms with van der Waals surface area (Å²) in [6.45, 7) is 7.05. The summed E-state index contributed by atoms with van der Waals surface area (Å²) in [6.07, 6.45) is 3.70. The van der Waals surface area contributed by atoms with Crippen molar-refractivity contribution in [3.05, 3.63) is 83.6 Å². The van der Waals surface area contributed by atoms with E-state index in [1.54, 1.807) is 0 Å². The van der Waals surface area contributed by atoms with Crippen molar-refractivity contribution < 1.29 is 4.79 Å². The molecule has 2 aliphatic heterocycles. The molecule has 176 valence electrons. The first-order valence-electron chi connectivity index (χ1n) is 12.4. The molecule has 5 rings (SSSR count). The fourth-order valence-corrected chi connectivity index (χ4v) is 5.04. The highest BCUT2D eigenvalue weighted by Gasteiger charge is 2.30. The van der Waals surface area contributed by atoms with E-state index in [0.29, 0.717) is 13.1 Å². The number of piperidine rings is 1. The highest BCUT2D eigenvalue weighted by Crippen LogP contribution is 2.28. The zero-order valence-corrected chi connectivity index (χ0v) is 19.9. The van der Waals surface area contributed by atoms with Gasteiger partial charge in [-0.05, 0) is 37.3 Å². The Bertz CT molecular complexity index is 1050. The van der Waals surface area contributed by atoms with Crippen molar-refractivity contribution in [2.75, 3.05) is 49.1 Å². The van der Waals surface area contributed by atoms with Crippen LogP contribution in [0.3, 0.4) is 0 Å². The van der Waals surface area contributed by atoms with Crippen molar-refractivity contribution in [3.63, 3.8) is 0 Å². The number of nitrogens with zero attached hydrogens (tertiary/aromatic N) is 5. The molecular weight excluding hydrogens is 422 g/mol. The minimum Gasteiger partial charge on any atom is -0.353 e. The third-order valence-electron chi connectivity index (χ3n) is 6.90. The van der Waals surface area contributed by atoms with Gasteiger partial charge in [-0.25, -0.2) is 4.98 Å². The predicted molar refractivity (Wildman–Crippen MR) is 136 cm³/mol. The van der Waals surface area contributed by atoms with Crippen molar-refractivity contribution in [2.24, 2.45) is 0 Å². The first kappa shape index (κ1) is 22.4. The molecule has 0 N–H and O–H groups in total. The monoisotopic (exact) mass is 455 g/mol. The van der Waals surface area contributed by atoms with Crippen molar-refractivity contribution in [1.29, 1.82) is 0 Å². The van der Waals surface area contributed by atoms with Crippen LogP contribution in [0, 0.1) is 6.92 Å². The van der Waals surface area contributed by atoms with Crippen molar-refractivity contribution >= 4 is 17.7 Å². The smallest absolute Gasteiger partial charge is 0.234 e. The number of piperazine rings is 1. The molecule has 2 aromatic carbocycles. The van der Waals surface area contributed by atoms with Gasteiger partial charge in [0.1, 0.15) is 5.82 Å². The van der Waals surface area contributed by atoms with Gasteiger partial charge < -0.3 is 14.7 Å². The molecule has 1 aromatic heterocycles. The van der Waals surface area contributed by atoms with E-state index >= 15 is 0 Å². The number of amides is 1. The second-order valence-electron chi connectivity index (χ2n) is 9.28. The topological polar surface area (TPSA) is 52.6 Å². The average molecular weight is 456 g/mol. The van der Waals surface area contributed by atoms with E-state index in [9.17, 15) is 4.79 Å². The molecule has 0 saturated carbocycles. The molecule has 34 heavy (non-hydrogen) atoms. The molecule has 3 heterocycles. The third-order valence-corrected chi connectivity index (χ3v) is 6.90. The Balaban J connectivity index is 1.31. The Morgan fingerprint density at radius 3 is 1.91 bits per heavy atom. The van der Waals surface area contributed by atoms with Crippen molar-refractivity contribution in [1.82, 2.24) is 14.9 Å². The van der Waals surface area contributed by atoms with Crippen LogP contribution in [0.4, 0.5) is 11.8 Å². The van der Waals surface area contributed by atoms with E-state index in [4.69, 9.17) is 9.97 Å². The Morgan fingerprint density at radius 1 is 0.735 bits per heavy atom. The minimum absolute atomic E-state index is 0.171. The van der Waals surface area contributed by atoms with Gasteiger partial charge in [0.25, 0.3) is 0 Å². The molecule has 0 spiro atoms. The van der Waals surface area contributed by atoms with E-state index in [0.717, 1.165) is 54.8 Å². The van der Waals surface area contributed by atoms with E-state index in [2.05, 4.69) is 40.1 Å². The number of hydrogen-bond acceptors (Lipinski definition) is 5. The normalized spacial score (nSPS) is 16.7. The van der Waals surface area contributed by atoms with Gasteiger partial charge in [-0.1, -0.05) is 60.7 Å². The summed E-state index contributed by atoms with van der Waals surface area (Å²) in [5.41, 5.74) is 3.08. The fourth-order valence-electron chi connectivity index (χ4n) is 5.04. The van der Waals surface area contributed by atoms with E-state index < -0.39 is 0 Å². The van der Waals surface area contributed by atoms with E-state index in [-0.39, 0.29) is 11.8 Å². The quantitative estimate of drug-likeness (QED) is 0.576. The lowest BCUT2D eigenvalue weighted by Crippen LogP contribution is -2.50. The van der Waals surface area contributed by atoms with Gasteiger partial charge in [-0.15, -0.1) is 0 Å².